The number of esters is 2. The van der Waals surface area contributed by atoms with Gasteiger partial charge in [0.1, 0.15) is 11.8 Å². The molecule has 1 fully saturated rings. The number of carbonyl (C=O) groups is 5. The lowest BCUT2D eigenvalue weighted by molar-refractivity contribution is -0.149. The van der Waals surface area contributed by atoms with Gasteiger partial charge in [-0.15, -0.1) is 0 Å². The molecule has 12 heteroatoms. The molecule has 322 valence electrons. The number of nitrogens with one attached hydrogen (secondary N) is 3. The van der Waals surface area contributed by atoms with Gasteiger partial charge in [-0.1, -0.05) is 89.8 Å². The van der Waals surface area contributed by atoms with Crippen LogP contribution in [0.25, 0.3) is 0 Å². The molecule has 3 N–H and O–H groups in total. The molecule has 2 aromatic rings. The molecule has 1 aromatic carbocycles. The molecule has 1 aliphatic carbocycles. The fourth-order valence-electron chi connectivity index (χ4n) is 8.08. The lowest BCUT2D eigenvalue weighted by Gasteiger charge is -2.36. The first kappa shape index (κ1) is 48.1. The largest absolute Gasteiger partial charge is 0.469 e. The van der Waals surface area contributed by atoms with Crippen molar-refractivity contribution in [1.82, 2.24) is 25.8 Å². The van der Waals surface area contributed by atoms with Crippen LogP contribution in [-0.2, 0) is 35.1 Å². The molecule has 0 radical (unpaired) electrons. The van der Waals surface area contributed by atoms with E-state index in [9.17, 15) is 24.0 Å². The summed E-state index contributed by atoms with van der Waals surface area (Å²) in [5, 5.41) is 9.55. The van der Waals surface area contributed by atoms with E-state index in [-0.39, 0.29) is 59.4 Å². The highest BCUT2D eigenvalue weighted by Gasteiger charge is 2.34. The fraction of sp³-hybridized carbons (Fsp3) is 0.652. The zero-order valence-corrected chi connectivity index (χ0v) is 36.4. The van der Waals surface area contributed by atoms with Crippen LogP contribution in [0.15, 0.2) is 48.5 Å². The van der Waals surface area contributed by atoms with Gasteiger partial charge >= 0.3 is 11.9 Å². The second kappa shape index (κ2) is 25.2. The van der Waals surface area contributed by atoms with Gasteiger partial charge in [-0.05, 0) is 88.6 Å². The van der Waals surface area contributed by atoms with Gasteiger partial charge in [0.05, 0.1) is 18.7 Å². The zero-order chi connectivity index (χ0) is 42.6. The second-order valence-electron chi connectivity index (χ2n) is 16.7. The number of rotatable bonds is 21. The Hall–Kier alpha value is -4.32. The van der Waals surface area contributed by atoms with Crippen molar-refractivity contribution in [3.05, 3.63) is 65.5 Å². The molecule has 1 saturated carbocycles. The van der Waals surface area contributed by atoms with Crippen LogP contribution in [0.4, 0.5) is 0 Å². The quantitative estimate of drug-likeness (QED) is 0.0896. The summed E-state index contributed by atoms with van der Waals surface area (Å²) in [5.74, 6) is -1.76. The molecule has 0 aliphatic heterocycles. The van der Waals surface area contributed by atoms with Gasteiger partial charge in [-0.25, -0.2) is 4.98 Å². The summed E-state index contributed by atoms with van der Waals surface area (Å²) in [6.07, 6.45) is 9.37. The Bertz CT molecular complexity index is 1590. The Kier molecular flexibility index (Phi) is 20.9. The van der Waals surface area contributed by atoms with Gasteiger partial charge in [0.25, 0.3) is 5.91 Å². The fourth-order valence-corrected chi connectivity index (χ4v) is 8.08. The van der Waals surface area contributed by atoms with E-state index >= 15 is 0 Å². The van der Waals surface area contributed by atoms with E-state index in [4.69, 9.17) is 14.5 Å². The summed E-state index contributed by atoms with van der Waals surface area (Å²) in [7, 11) is 5.12. The highest BCUT2D eigenvalue weighted by molar-refractivity contribution is 5.92. The minimum atomic E-state index is -0.812. The Balaban J connectivity index is 1.75. The molecule has 1 aromatic heterocycles. The number of pyridine rings is 1. The highest BCUT2D eigenvalue weighted by atomic mass is 16.5. The Morgan fingerprint density at radius 2 is 1.59 bits per heavy atom. The summed E-state index contributed by atoms with van der Waals surface area (Å²) in [6, 6.07) is 14.2. The van der Waals surface area contributed by atoms with Crippen molar-refractivity contribution < 1.29 is 33.4 Å². The molecule has 58 heavy (non-hydrogen) atoms. The van der Waals surface area contributed by atoms with Crippen LogP contribution in [-0.4, -0.2) is 85.4 Å². The molecule has 3 amide bonds. The van der Waals surface area contributed by atoms with Crippen LogP contribution in [0.5, 0.6) is 0 Å². The molecule has 3 rings (SSSR count). The molecule has 1 heterocycles. The molecule has 1 aliphatic rings. The average Bonchev–Trinajstić information content (AvgIpc) is 3.32. The number of hydrogen-bond donors (Lipinski definition) is 3. The first-order valence-corrected chi connectivity index (χ1v) is 21.5. The second-order valence-corrected chi connectivity index (χ2v) is 16.7. The van der Waals surface area contributed by atoms with Gasteiger partial charge in [0.15, 0.2) is 0 Å². The molecule has 0 bridgehead atoms. The van der Waals surface area contributed by atoms with Gasteiger partial charge in [0, 0.05) is 50.4 Å². The Morgan fingerprint density at radius 1 is 0.862 bits per heavy atom. The first-order chi connectivity index (χ1) is 27.7. The number of amides is 3. The lowest BCUT2D eigenvalue weighted by Crippen LogP contribution is -2.45. The van der Waals surface area contributed by atoms with Crippen molar-refractivity contribution in [3.63, 3.8) is 0 Å². The summed E-state index contributed by atoms with van der Waals surface area (Å²) >= 11 is 0. The summed E-state index contributed by atoms with van der Waals surface area (Å²) in [4.78, 5) is 72.5. The minimum Gasteiger partial charge on any atom is -0.469 e. The third-order valence-electron chi connectivity index (χ3n) is 11.5. The van der Waals surface area contributed by atoms with Crippen molar-refractivity contribution in [1.29, 1.82) is 0 Å². The summed E-state index contributed by atoms with van der Waals surface area (Å²) in [5.41, 5.74) is 1.58. The molecular formula is C46H71N5O7. The monoisotopic (exact) mass is 806 g/mol. The van der Waals surface area contributed by atoms with Gasteiger partial charge in [0.2, 0.25) is 11.8 Å². The number of hydrogen-bond acceptors (Lipinski definition) is 9. The number of unbranched alkanes of at least 4 members (excludes halogenated alkanes) is 1. The molecule has 0 spiro atoms. The van der Waals surface area contributed by atoms with Crippen molar-refractivity contribution >= 4 is 29.7 Å². The van der Waals surface area contributed by atoms with Crippen LogP contribution < -0.4 is 16.0 Å². The molecular weight excluding hydrogens is 735 g/mol. The highest BCUT2D eigenvalue weighted by Crippen LogP contribution is 2.31. The standard InChI is InChI=1S/C46H71N5O7/c1-31(2)41(51(7)45(55)36-21-13-10-14-22-37(26-25-36)48-43(53)32(3)18-15-16-27-47-6)30-42(58-34(5)52)39-23-17-24-40(50-39)44(54)49-38(28-33(4)46(56)57-8)29-35-19-11-9-12-20-35/h9,11-12,17,19-20,23-24,31-33,36-38,41-42,47H,10,13-16,18,21-22,25-30H2,1-8H3,(H,48,53)(H,49,54)/t32-,33+,36?,37?,38-,41-,42-/m1/s1. The van der Waals surface area contributed by atoms with E-state index in [0.717, 1.165) is 69.9 Å². The van der Waals surface area contributed by atoms with Gasteiger partial charge in [-0.2, -0.15) is 0 Å². The summed E-state index contributed by atoms with van der Waals surface area (Å²) in [6.45, 7) is 10.2. The first-order valence-electron chi connectivity index (χ1n) is 21.5. The topological polar surface area (TPSA) is 156 Å². The van der Waals surface area contributed by atoms with Crippen molar-refractivity contribution in [3.8, 4) is 0 Å². The Morgan fingerprint density at radius 3 is 2.26 bits per heavy atom. The van der Waals surface area contributed by atoms with E-state index in [1.165, 1.54) is 14.0 Å². The lowest BCUT2D eigenvalue weighted by atomic mass is 9.90. The van der Waals surface area contributed by atoms with E-state index in [2.05, 4.69) is 16.0 Å². The SMILES string of the molecule is CNCCCC[C@@H](C)C(=O)NC1CCCCCC(C(=O)N(C)[C@H](C[C@@H](OC(C)=O)c2cccc(C(=O)N[C@@H](Cc3ccccc3)C[C@H](C)C(=O)OC)n2)C(C)C)CC1. The summed E-state index contributed by atoms with van der Waals surface area (Å²) < 4.78 is 10.8. The van der Waals surface area contributed by atoms with E-state index in [0.29, 0.717) is 31.4 Å². The number of methoxy groups -OCH3 is 1. The predicted octanol–water partition coefficient (Wildman–Crippen LogP) is 6.97. The third kappa shape index (κ3) is 16.1. The molecule has 12 nitrogen and oxygen atoms in total. The zero-order valence-electron chi connectivity index (χ0n) is 36.4. The number of carbonyl (C=O) groups excluding carboxylic acids is 5. The van der Waals surface area contributed by atoms with E-state index in [1.54, 1.807) is 25.1 Å². The smallest absolute Gasteiger partial charge is 0.308 e. The molecule has 7 atom stereocenters. The van der Waals surface area contributed by atoms with Crippen LogP contribution in [0.1, 0.15) is 140 Å². The van der Waals surface area contributed by atoms with Crippen molar-refractivity contribution in [2.45, 2.75) is 142 Å². The van der Waals surface area contributed by atoms with Crippen molar-refractivity contribution in [2.24, 2.45) is 23.7 Å². The van der Waals surface area contributed by atoms with Gasteiger partial charge < -0.3 is 30.3 Å². The maximum absolute atomic E-state index is 14.3. The number of ether oxygens (including phenoxy) is 2. The van der Waals surface area contributed by atoms with Crippen LogP contribution in [0.3, 0.4) is 0 Å². The van der Waals surface area contributed by atoms with Crippen LogP contribution >= 0.6 is 0 Å². The molecule has 0 saturated heterocycles. The predicted molar refractivity (Wildman–Crippen MR) is 227 cm³/mol. The average molecular weight is 806 g/mol. The van der Waals surface area contributed by atoms with Crippen LogP contribution in [0.2, 0.25) is 0 Å². The van der Waals surface area contributed by atoms with Crippen molar-refractivity contribution in [2.75, 3.05) is 27.7 Å². The van der Waals surface area contributed by atoms with Crippen LogP contribution in [0, 0.1) is 23.7 Å². The Labute approximate surface area is 347 Å². The minimum absolute atomic E-state index is 0.0204. The number of nitrogens with zero attached hydrogens (tertiary/aromatic N) is 2. The maximum Gasteiger partial charge on any atom is 0.308 e. The third-order valence-corrected chi connectivity index (χ3v) is 11.5. The van der Waals surface area contributed by atoms with E-state index < -0.39 is 23.9 Å². The number of benzene rings is 1. The van der Waals surface area contributed by atoms with E-state index in [1.807, 2.05) is 70.1 Å². The number of aromatic nitrogens is 1. The van der Waals surface area contributed by atoms with Gasteiger partial charge in [-0.3, -0.25) is 24.0 Å². The molecule has 2 unspecified atom stereocenters. The maximum atomic E-state index is 14.3. The normalized spacial score (nSPS) is 18.6.